The van der Waals surface area contributed by atoms with E-state index in [4.69, 9.17) is 27.9 Å². The highest BCUT2D eigenvalue weighted by atomic mass is 35.5. The van der Waals surface area contributed by atoms with E-state index >= 15 is 0 Å². The maximum atomic E-state index is 12.9. The number of non-ortho nitro benzene ring substituents is 1. The highest BCUT2D eigenvalue weighted by molar-refractivity contribution is 6.33. The lowest BCUT2D eigenvalue weighted by Crippen LogP contribution is -2.20. The minimum atomic E-state index is -0.598. The minimum Gasteiger partial charge on any atom is -0.482 e. The fourth-order valence-electron chi connectivity index (χ4n) is 1.64. The lowest BCUT2D eigenvalue weighted by atomic mass is 10.3. The predicted molar refractivity (Wildman–Crippen MR) is 83.6 cm³/mol. The predicted octanol–water partition coefficient (Wildman–Crippen LogP) is 4.06. The van der Waals surface area contributed by atoms with Crippen LogP contribution in [0.1, 0.15) is 0 Å². The van der Waals surface area contributed by atoms with Crippen molar-refractivity contribution in [3.63, 3.8) is 0 Å². The van der Waals surface area contributed by atoms with Gasteiger partial charge < -0.3 is 10.1 Å². The van der Waals surface area contributed by atoms with E-state index in [2.05, 4.69) is 5.32 Å². The van der Waals surface area contributed by atoms with E-state index in [1.807, 2.05) is 0 Å². The Balaban J connectivity index is 1.98. The highest BCUT2D eigenvalue weighted by Crippen LogP contribution is 2.28. The molecule has 2 aromatic rings. The summed E-state index contributed by atoms with van der Waals surface area (Å²) in [4.78, 5) is 21.8. The Morgan fingerprint density at radius 2 is 1.96 bits per heavy atom. The lowest BCUT2D eigenvalue weighted by molar-refractivity contribution is -0.384. The summed E-state index contributed by atoms with van der Waals surface area (Å²) in [5, 5.41) is 13.1. The van der Waals surface area contributed by atoms with Crippen molar-refractivity contribution in [2.75, 3.05) is 11.9 Å². The van der Waals surface area contributed by atoms with Crippen molar-refractivity contribution >= 4 is 40.5 Å². The topological polar surface area (TPSA) is 81.5 Å². The summed E-state index contributed by atoms with van der Waals surface area (Å²) in [5.41, 5.74) is 0.0429. The normalized spacial score (nSPS) is 10.2. The molecule has 0 aromatic heterocycles. The van der Waals surface area contributed by atoms with E-state index in [1.54, 1.807) is 0 Å². The molecule has 1 N–H and O–H groups in total. The van der Waals surface area contributed by atoms with Crippen LogP contribution in [-0.4, -0.2) is 17.4 Å². The molecule has 2 aromatic carbocycles. The number of carbonyl (C=O) groups excluding carboxylic acids is 1. The van der Waals surface area contributed by atoms with Crippen molar-refractivity contribution in [1.82, 2.24) is 0 Å². The Kier molecular flexibility index (Phi) is 5.36. The molecule has 0 aliphatic heterocycles. The van der Waals surface area contributed by atoms with E-state index in [0.717, 1.165) is 18.2 Å². The second-order valence-electron chi connectivity index (χ2n) is 4.33. The Labute approximate surface area is 139 Å². The van der Waals surface area contributed by atoms with Crippen molar-refractivity contribution < 1.29 is 18.8 Å². The van der Waals surface area contributed by atoms with Gasteiger partial charge in [0, 0.05) is 12.1 Å². The van der Waals surface area contributed by atoms with Gasteiger partial charge in [-0.1, -0.05) is 23.2 Å². The molecule has 0 aliphatic rings. The average Bonchev–Trinajstić information content (AvgIpc) is 2.48. The molecule has 120 valence electrons. The molecule has 2 rings (SSSR count). The molecule has 0 bridgehead atoms. The Morgan fingerprint density at radius 1 is 1.22 bits per heavy atom. The molecule has 6 nitrogen and oxygen atoms in total. The number of carbonyl (C=O) groups is 1. The third-order valence-corrected chi connectivity index (χ3v) is 3.30. The van der Waals surface area contributed by atoms with Crippen LogP contribution < -0.4 is 10.1 Å². The number of nitrogens with one attached hydrogen (secondary N) is 1. The highest BCUT2D eigenvalue weighted by Gasteiger charge is 2.12. The van der Waals surface area contributed by atoms with Crippen LogP contribution in [0.3, 0.4) is 0 Å². The zero-order valence-corrected chi connectivity index (χ0v) is 12.9. The fraction of sp³-hybridized carbons (Fsp3) is 0.0714. The monoisotopic (exact) mass is 358 g/mol. The van der Waals surface area contributed by atoms with Crippen LogP contribution in [0.25, 0.3) is 0 Å². The van der Waals surface area contributed by atoms with E-state index in [0.29, 0.717) is 0 Å². The number of hydrogen-bond donors (Lipinski definition) is 1. The summed E-state index contributed by atoms with van der Waals surface area (Å²) in [7, 11) is 0. The Hall–Kier alpha value is -2.38. The molecule has 9 heteroatoms. The van der Waals surface area contributed by atoms with Crippen molar-refractivity contribution in [2.24, 2.45) is 0 Å². The number of hydrogen-bond acceptors (Lipinski definition) is 4. The molecule has 0 spiro atoms. The Morgan fingerprint density at radius 3 is 2.57 bits per heavy atom. The molecule has 0 saturated heterocycles. The van der Waals surface area contributed by atoms with Gasteiger partial charge in [-0.3, -0.25) is 14.9 Å². The quantitative estimate of drug-likeness (QED) is 0.645. The van der Waals surface area contributed by atoms with Crippen LogP contribution in [0.5, 0.6) is 5.75 Å². The summed E-state index contributed by atoms with van der Waals surface area (Å²) in [6, 6.07) is 7.13. The third-order valence-electron chi connectivity index (χ3n) is 2.69. The maximum Gasteiger partial charge on any atom is 0.271 e. The van der Waals surface area contributed by atoms with Crippen molar-refractivity contribution in [3.05, 3.63) is 62.4 Å². The summed E-state index contributed by atoms with van der Waals surface area (Å²) < 4.78 is 18.1. The summed E-state index contributed by atoms with van der Waals surface area (Å²) in [6.45, 7) is -0.398. The van der Waals surface area contributed by atoms with Gasteiger partial charge >= 0.3 is 0 Å². The first-order chi connectivity index (χ1) is 10.9. The van der Waals surface area contributed by atoms with Crippen LogP contribution in [0.2, 0.25) is 10.0 Å². The molecule has 0 aliphatic carbocycles. The van der Waals surface area contributed by atoms with Gasteiger partial charge in [-0.15, -0.1) is 0 Å². The number of amides is 1. The molecule has 0 fully saturated rings. The smallest absolute Gasteiger partial charge is 0.271 e. The first-order valence-electron chi connectivity index (χ1n) is 6.18. The van der Waals surface area contributed by atoms with Crippen LogP contribution in [0.15, 0.2) is 36.4 Å². The largest absolute Gasteiger partial charge is 0.482 e. The van der Waals surface area contributed by atoms with E-state index in [9.17, 15) is 19.3 Å². The van der Waals surface area contributed by atoms with Gasteiger partial charge in [-0.05, 0) is 24.3 Å². The third kappa shape index (κ3) is 4.54. The number of halogens is 3. The zero-order valence-electron chi connectivity index (χ0n) is 11.4. The summed E-state index contributed by atoms with van der Waals surface area (Å²) >= 11 is 11.6. The zero-order chi connectivity index (χ0) is 17.0. The van der Waals surface area contributed by atoms with E-state index in [-0.39, 0.29) is 27.2 Å². The van der Waals surface area contributed by atoms with Crippen LogP contribution in [-0.2, 0) is 4.79 Å². The number of nitrogens with zero attached hydrogens (tertiary/aromatic N) is 1. The molecule has 0 radical (unpaired) electrons. The van der Waals surface area contributed by atoms with Crippen molar-refractivity contribution in [1.29, 1.82) is 0 Å². The molecule has 0 heterocycles. The number of anilines is 1. The van der Waals surface area contributed by atoms with Gasteiger partial charge in [0.25, 0.3) is 11.6 Å². The molecular weight excluding hydrogens is 350 g/mol. The van der Waals surface area contributed by atoms with Gasteiger partial charge in [-0.2, -0.15) is 0 Å². The van der Waals surface area contributed by atoms with Crippen molar-refractivity contribution in [3.8, 4) is 5.75 Å². The molecule has 0 atom stereocenters. The molecule has 1 amide bonds. The van der Waals surface area contributed by atoms with Gasteiger partial charge in [0.1, 0.15) is 11.6 Å². The number of ether oxygens (including phenoxy) is 1. The second-order valence-corrected chi connectivity index (χ2v) is 5.15. The molecule has 0 saturated carbocycles. The maximum absolute atomic E-state index is 12.9. The standard InChI is InChI=1S/C14H9Cl2FN2O4/c15-10-5-8(17)1-3-12(10)18-14(20)7-23-13-4-2-9(19(21)22)6-11(13)16/h1-6H,7H2,(H,18,20). The summed E-state index contributed by atoms with van der Waals surface area (Å²) in [6.07, 6.45) is 0. The molecule has 23 heavy (non-hydrogen) atoms. The van der Waals surface area contributed by atoms with Crippen LogP contribution in [0, 0.1) is 15.9 Å². The lowest BCUT2D eigenvalue weighted by Gasteiger charge is -2.09. The SMILES string of the molecule is O=C(COc1ccc([N+](=O)[O-])cc1Cl)Nc1ccc(F)cc1Cl. The first-order valence-corrected chi connectivity index (χ1v) is 6.94. The number of nitro groups is 1. The minimum absolute atomic E-state index is 0.00631. The van der Waals surface area contributed by atoms with Crippen molar-refractivity contribution in [2.45, 2.75) is 0 Å². The number of benzene rings is 2. The van der Waals surface area contributed by atoms with Gasteiger partial charge in [0.05, 0.1) is 20.7 Å². The Bertz CT molecular complexity index is 770. The first kappa shape index (κ1) is 17.0. The van der Waals surface area contributed by atoms with Gasteiger partial charge in [0.2, 0.25) is 0 Å². The molecular formula is C14H9Cl2FN2O4. The summed E-state index contributed by atoms with van der Waals surface area (Å²) in [5.74, 6) is -0.951. The van der Waals surface area contributed by atoms with E-state index < -0.39 is 23.3 Å². The number of rotatable bonds is 5. The van der Waals surface area contributed by atoms with Gasteiger partial charge in [0.15, 0.2) is 6.61 Å². The van der Waals surface area contributed by atoms with Crippen LogP contribution >= 0.6 is 23.2 Å². The second kappa shape index (κ2) is 7.26. The fourth-order valence-corrected chi connectivity index (χ4v) is 2.08. The van der Waals surface area contributed by atoms with Crippen LogP contribution in [0.4, 0.5) is 15.8 Å². The van der Waals surface area contributed by atoms with Gasteiger partial charge in [-0.25, -0.2) is 4.39 Å². The van der Waals surface area contributed by atoms with E-state index in [1.165, 1.54) is 18.2 Å². The average molecular weight is 359 g/mol. The number of nitro benzene ring substituents is 1. The molecule has 0 unspecified atom stereocenters.